The summed E-state index contributed by atoms with van der Waals surface area (Å²) in [5.41, 5.74) is 2.75. The highest BCUT2D eigenvalue weighted by atomic mass is 16.5. The minimum atomic E-state index is 0.663. The van der Waals surface area contributed by atoms with Crippen LogP contribution < -0.4 is 5.32 Å². The van der Waals surface area contributed by atoms with Gasteiger partial charge >= 0.3 is 0 Å². The van der Waals surface area contributed by atoms with E-state index in [1.807, 2.05) is 25.1 Å². The SMILES string of the molecule is Cc1cccc(NCC2CCOCC2)c1C#N. The fourth-order valence-electron chi connectivity index (χ4n) is 2.17. The second-order valence-electron chi connectivity index (χ2n) is 4.55. The minimum absolute atomic E-state index is 0.663. The highest BCUT2D eigenvalue weighted by molar-refractivity contribution is 5.60. The number of benzene rings is 1. The third-order valence-corrected chi connectivity index (χ3v) is 3.31. The van der Waals surface area contributed by atoms with Crippen molar-refractivity contribution >= 4 is 5.69 Å². The molecule has 0 saturated carbocycles. The number of nitriles is 1. The van der Waals surface area contributed by atoms with Gasteiger partial charge in [0.05, 0.1) is 11.3 Å². The van der Waals surface area contributed by atoms with E-state index in [9.17, 15) is 0 Å². The molecule has 3 heteroatoms. The van der Waals surface area contributed by atoms with E-state index < -0.39 is 0 Å². The zero-order chi connectivity index (χ0) is 12.1. The molecule has 0 atom stereocenters. The summed E-state index contributed by atoms with van der Waals surface area (Å²) < 4.78 is 5.34. The molecule has 0 amide bonds. The molecule has 0 bridgehead atoms. The quantitative estimate of drug-likeness (QED) is 0.868. The predicted octanol–water partition coefficient (Wildman–Crippen LogP) is 2.71. The molecule has 1 saturated heterocycles. The summed E-state index contributed by atoms with van der Waals surface area (Å²) in [5.74, 6) is 0.663. The lowest BCUT2D eigenvalue weighted by Crippen LogP contribution is -2.22. The third kappa shape index (κ3) is 2.98. The highest BCUT2D eigenvalue weighted by Crippen LogP contribution is 2.20. The summed E-state index contributed by atoms with van der Waals surface area (Å²) in [6.07, 6.45) is 2.22. The molecule has 1 heterocycles. The molecule has 1 aromatic carbocycles. The molecule has 1 aliphatic rings. The number of anilines is 1. The number of hydrogen-bond acceptors (Lipinski definition) is 3. The van der Waals surface area contributed by atoms with E-state index in [0.717, 1.165) is 49.4 Å². The first-order valence-electron chi connectivity index (χ1n) is 6.12. The van der Waals surface area contributed by atoms with Crippen LogP contribution in [0.15, 0.2) is 18.2 Å². The van der Waals surface area contributed by atoms with Gasteiger partial charge in [0.25, 0.3) is 0 Å². The maximum Gasteiger partial charge on any atom is 0.102 e. The van der Waals surface area contributed by atoms with Gasteiger partial charge in [0, 0.05) is 19.8 Å². The van der Waals surface area contributed by atoms with Crippen molar-refractivity contribution in [2.75, 3.05) is 25.1 Å². The lowest BCUT2D eigenvalue weighted by molar-refractivity contribution is 0.0699. The lowest BCUT2D eigenvalue weighted by Gasteiger charge is -2.23. The predicted molar refractivity (Wildman–Crippen MR) is 67.9 cm³/mol. The van der Waals surface area contributed by atoms with E-state index in [-0.39, 0.29) is 0 Å². The molecule has 0 aromatic heterocycles. The van der Waals surface area contributed by atoms with Crippen molar-refractivity contribution in [3.63, 3.8) is 0 Å². The Hall–Kier alpha value is -1.53. The first-order chi connectivity index (χ1) is 8.31. The molecule has 1 fully saturated rings. The molecular formula is C14H18N2O. The van der Waals surface area contributed by atoms with Crippen molar-refractivity contribution in [2.45, 2.75) is 19.8 Å². The number of nitrogens with zero attached hydrogens (tertiary/aromatic N) is 1. The van der Waals surface area contributed by atoms with Crippen LogP contribution >= 0.6 is 0 Å². The van der Waals surface area contributed by atoms with Gasteiger partial charge < -0.3 is 10.1 Å². The van der Waals surface area contributed by atoms with E-state index in [1.54, 1.807) is 0 Å². The third-order valence-electron chi connectivity index (χ3n) is 3.31. The second kappa shape index (κ2) is 5.70. The Balaban J connectivity index is 1.99. The Kier molecular flexibility index (Phi) is 4.00. The first kappa shape index (κ1) is 11.9. The summed E-state index contributed by atoms with van der Waals surface area (Å²) in [6.45, 7) is 4.64. The number of aryl methyl sites for hydroxylation is 1. The van der Waals surface area contributed by atoms with E-state index in [2.05, 4.69) is 11.4 Å². The molecule has 0 radical (unpaired) electrons. The Morgan fingerprint density at radius 3 is 2.88 bits per heavy atom. The molecular weight excluding hydrogens is 212 g/mol. The van der Waals surface area contributed by atoms with Gasteiger partial charge in [-0.05, 0) is 37.3 Å². The lowest BCUT2D eigenvalue weighted by atomic mass is 10.00. The average molecular weight is 230 g/mol. The summed E-state index contributed by atoms with van der Waals surface area (Å²) >= 11 is 0. The first-order valence-corrected chi connectivity index (χ1v) is 6.12. The van der Waals surface area contributed by atoms with Gasteiger partial charge in [-0.3, -0.25) is 0 Å². The standard InChI is InChI=1S/C14H18N2O/c1-11-3-2-4-14(13(11)9-15)16-10-12-5-7-17-8-6-12/h2-4,12,16H,5-8,10H2,1H3. The largest absolute Gasteiger partial charge is 0.384 e. The van der Waals surface area contributed by atoms with Crippen LogP contribution in [0, 0.1) is 24.2 Å². The Morgan fingerprint density at radius 2 is 2.18 bits per heavy atom. The van der Waals surface area contributed by atoms with Crippen LogP contribution in [0.3, 0.4) is 0 Å². The van der Waals surface area contributed by atoms with Crippen LogP contribution in [-0.2, 0) is 4.74 Å². The molecule has 90 valence electrons. The Morgan fingerprint density at radius 1 is 1.41 bits per heavy atom. The van der Waals surface area contributed by atoms with Gasteiger partial charge in [-0.15, -0.1) is 0 Å². The van der Waals surface area contributed by atoms with Crippen LogP contribution in [-0.4, -0.2) is 19.8 Å². The molecule has 0 unspecified atom stereocenters. The van der Waals surface area contributed by atoms with E-state index in [4.69, 9.17) is 10.00 Å². The number of nitrogens with one attached hydrogen (secondary N) is 1. The number of hydrogen-bond donors (Lipinski definition) is 1. The minimum Gasteiger partial charge on any atom is -0.384 e. The Bertz CT molecular complexity index is 417. The van der Waals surface area contributed by atoms with Crippen LogP contribution in [0.4, 0.5) is 5.69 Å². The molecule has 1 aliphatic heterocycles. The monoisotopic (exact) mass is 230 g/mol. The zero-order valence-corrected chi connectivity index (χ0v) is 10.2. The summed E-state index contributed by atoms with van der Waals surface area (Å²) in [6, 6.07) is 8.20. The van der Waals surface area contributed by atoms with Crippen molar-refractivity contribution < 1.29 is 4.74 Å². The van der Waals surface area contributed by atoms with Crippen molar-refractivity contribution in [3.05, 3.63) is 29.3 Å². The van der Waals surface area contributed by atoms with Crippen molar-refractivity contribution in [1.29, 1.82) is 5.26 Å². The van der Waals surface area contributed by atoms with Crippen LogP contribution in [0.1, 0.15) is 24.0 Å². The fourth-order valence-corrected chi connectivity index (χ4v) is 2.17. The number of ether oxygens (including phenoxy) is 1. The van der Waals surface area contributed by atoms with Crippen LogP contribution in [0.5, 0.6) is 0 Å². The van der Waals surface area contributed by atoms with Crippen LogP contribution in [0.2, 0.25) is 0 Å². The zero-order valence-electron chi connectivity index (χ0n) is 10.2. The van der Waals surface area contributed by atoms with Gasteiger partial charge in [-0.25, -0.2) is 0 Å². The van der Waals surface area contributed by atoms with Gasteiger partial charge in [-0.1, -0.05) is 12.1 Å². The molecule has 3 nitrogen and oxygen atoms in total. The smallest absolute Gasteiger partial charge is 0.102 e. The second-order valence-corrected chi connectivity index (χ2v) is 4.55. The molecule has 1 N–H and O–H groups in total. The maximum atomic E-state index is 9.13. The summed E-state index contributed by atoms with van der Waals surface area (Å²) in [7, 11) is 0. The molecule has 0 spiro atoms. The summed E-state index contributed by atoms with van der Waals surface area (Å²) in [5, 5.41) is 12.5. The molecule has 0 aliphatic carbocycles. The van der Waals surface area contributed by atoms with Gasteiger partial charge in [0.1, 0.15) is 6.07 Å². The Labute approximate surface area is 102 Å². The average Bonchev–Trinajstić information content (AvgIpc) is 2.37. The van der Waals surface area contributed by atoms with Gasteiger partial charge in [-0.2, -0.15) is 5.26 Å². The van der Waals surface area contributed by atoms with Crippen molar-refractivity contribution in [2.24, 2.45) is 5.92 Å². The number of rotatable bonds is 3. The highest BCUT2D eigenvalue weighted by Gasteiger charge is 2.14. The maximum absolute atomic E-state index is 9.13. The van der Waals surface area contributed by atoms with E-state index >= 15 is 0 Å². The van der Waals surface area contributed by atoms with E-state index in [1.165, 1.54) is 0 Å². The van der Waals surface area contributed by atoms with Crippen molar-refractivity contribution in [1.82, 2.24) is 0 Å². The normalized spacial score (nSPS) is 16.5. The molecule has 1 aromatic rings. The fraction of sp³-hybridized carbons (Fsp3) is 0.500. The summed E-state index contributed by atoms with van der Waals surface area (Å²) in [4.78, 5) is 0. The topological polar surface area (TPSA) is 45.0 Å². The molecule has 17 heavy (non-hydrogen) atoms. The van der Waals surface area contributed by atoms with Gasteiger partial charge in [0.15, 0.2) is 0 Å². The van der Waals surface area contributed by atoms with Crippen molar-refractivity contribution in [3.8, 4) is 6.07 Å². The van der Waals surface area contributed by atoms with Crippen LogP contribution in [0.25, 0.3) is 0 Å². The van der Waals surface area contributed by atoms with Gasteiger partial charge in [0.2, 0.25) is 0 Å². The van der Waals surface area contributed by atoms with E-state index in [0.29, 0.717) is 5.92 Å². The molecule has 2 rings (SSSR count).